The van der Waals surface area contributed by atoms with E-state index in [1.807, 2.05) is 0 Å². The fourth-order valence-electron chi connectivity index (χ4n) is 1.15. The quantitative estimate of drug-likeness (QED) is 0.779. The van der Waals surface area contributed by atoms with Crippen molar-refractivity contribution in [2.75, 3.05) is 14.2 Å². The molecule has 0 aliphatic rings. The van der Waals surface area contributed by atoms with Crippen molar-refractivity contribution in [3.63, 3.8) is 0 Å². The Balaban J connectivity index is 3.16. The van der Waals surface area contributed by atoms with Crippen LogP contribution in [0.15, 0.2) is 16.6 Å². The highest BCUT2D eigenvalue weighted by molar-refractivity contribution is 9.10. The molecule has 0 unspecified atom stereocenters. The summed E-state index contributed by atoms with van der Waals surface area (Å²) in [4.78, 5) is 10.7. The summed E-state index contributed by atoms with van der Waals surface area (Å²) in [6.45, 7) is 0.464. The van der Waals surface area contributed by atoms with E-state index in [0.29, 0.717) is 17.9 Å². The highest BCUT2D eigenvalue weighted by Gasteiger charge is 2.07. The molecular weight excluding hydrogens is 248 g/mol. The molecule has 0 spiro atoms. The molecule has 0 aliphatic heterocycles. The standard InChI is InChI=1S/C10H11BrO3/c1-13-6-8-3-7(5-12)10(14-2)4-9(8)11/h3-5H,6H2,1-2H3. The van der Waals surface area contributed by atoms with Gasteiger partial charge in [-0.1, -0.05) is 15.9 Å². The lowest BCUT2D eigenvalue weighted by Crippen LogP contribution is -1.96. The zero-order valence-electron chi connectivity index (χ0n) is 8.04. The Morgan fingerprint density at radius 1 is 1.43 bits per heavy atom. The van der Waals surface area contributed by atoms with Crippen molar-refractivity contribution in [1.82, 2.24) is 0 Å². The summed E-state index contributed by atoms with van der Waals surface area (Å²) >= 11 is 3.38. The highest BCUT2D eigenvalue weighted by atomic mass is 79.9. The Bertz CT molecular complexity index is 336. The molecule has 0 radical (unpaired) electrons. The molecule has 0 bridgehead atoms. The van der Waals surface area contributed by atoms with Gasteiger partial charge in [0.1, 0.15) is 5.75 Å². The van der Waals surface area contributed by atoms with E-state index < -0.39 is 0 Å². The fraction of sp³-hybridized carbons (Fsp3) is 0.300. The van der Waals surface area contributed by atoms with Crippen molar-refractivity contribution in [3.8, 4) is 5.75 Å². The van der Waals surface area contributed by atoms with Crippen LogP contribution in [0.3, 0.4) is 0 Å². The number of halogens is 1. The number of carbonyl (C=O) groups is 1. The number of hydrogen-bond donors (Lipinski definition) is 0. The third kappa shape index (κ3) is 2.33. The fourth-order valence-corrected chi connectivity index (χ4v) is 1.59. The molecule has 3 nitrogen and oxygen atoms in total. The molecular formula is C10H11BrO3. The molecule has 0 heterocycles. The normalized spacial score (nSPS) is 9.93. The van der Waals surface area contributed by atoms with Gasteiger partial charge in [-0.15, -0.1) is 0 Å². The largest absolute Gasteiger partial charge is 0.496 e. The molecule has 1 aromatic carbocycles. The maximum atomic E-state index is 10.7. The Morgan fingerprint density at radius 2 is 2.14 bits per heavy atom. The summed E-state index contributed by atoms with van der Waals surface area (Å²) in [5, 5.41) is 0. The van der Waals surface area contributed by atoms with Crippen LogP contribution in [0.25, 0.3) is 0 Å². The van der Waals surface area contributed by atoms with E-state index in [1.54, 1.807) is 19.2 Å². The number of ether oxygens (including phenoxy) is 2. The van der Waals surface area contributed by atoms with Gasteiger partial charge in [-0.25, -0.2) is 0 Å². The van der Waals surface area contributed by atoms with Gasteiger partial charge in [-0.3, -0.25) is 4.79 Å². The Labute approximate surface area is 91.1 Å². The van der Waals surface area contributed by atoms with Gasteiger partial charge in [-0.2, -0.15) is 0 Å². The van der Waals surface area contributed by atoms with Crippen LogP contribution >= 0.6 is 15.9 Å². The SMILES string of the molecule is COCc1cc(C=O)c(OC)cc1Br. The Kier molecular flexibility index (Phi) is 4.10. The van der Waals surface area contributed by atoms with Crippen molar-refractivity contribution < 1.29 is 14.3 Å². The van der Waals surface area contributed by atoms with Crippen LogP contribution in [-0.2, 0) is 11.3 Å². The summed E-state index contributed by atoms with van der Waals surface area (Å²) in [7, 11) is 3.14. The molecule has 0 amide bonds. The second kappa shape index (κ2) is 5.12. The predicted octanol–water partition coefficient (Wildman–Crippen LogP) is 2.42. The van der Waals surface area contributed by atoms with Crippen molar-refractivity contribution in [3.05, 3.63) is 27.7 Å². The van der Waals surface area contributed by atoms with Gasteiger partial charge in [0, 0.05) is 11.6 Å². The van der Waals surface area contributed by atoms with Crippen LogP contribution in [0, 0.1) is 0 Å². The first kappa shape index (κ1) is 11.2. The van der Waals surface area contributed by atoms with Gasteiger partial charge in [0.15, 0.2) is 6.29 Å². The van der Waals surface area contributed by atoms with Crippen LogP contribution in [0.1, 0.15) is 15.9 Å². The van der Waals surface area contributed by atoms with Crippen molar-refractivity contribution in [2.24, 2.45) is 0 Å². The number of benzene rings is 1. The first-order valence-corrected chi connectivity index (χ1v) is 4.82. The van der Waals surface area contributed by atoms with Gasteiger partial charge in [-0.05, 0) is 17.7 Å². The number of methoxy groups -OCH3 is 2. The van der Waals surface area contributed by atoms with Crippen LogP contribution in [0.2, 0.25) is 0 Å². The minimum atomic E-state index is 0.464. The van der Waals surface area contributed by atoms with E-state index >= 15 is 0 Å². The van der Waals surface area contributed by atoms with Crippen LogP contribution in [0.5, 0.6) is 5.75 Å². The number of rotatable bonds is 4. The lowest BCUT2D eigenvalue weighted by molar-refractivity contribution is 0.112. The number of aldehydes is 1. The maximum absolute atomic E-state index is 10.7. The zero-order chi connectivity index (χ0) is 10.6. The van der Waals surface area contributed by atoms with E-state index in [-0.39, 0.29) is 0 Å². The van der Waals surface area contributed by atoms with Crippen molar-refractivity contribution >= 4 is 22.2 Å². The molecule has 0 saturated carbocycles. The molecule has 0 atom stereocenters. The van der Waals surface area contributed by atoms with Crippen LogP contribution < -0.4 is 4.74 Å². The molecule has 0 fully saturated rings. The molecule has 0 N–H and O–H groups in total. The third-order valence-electron chi connectivity index (χ3n) is 1.83. The van der Waals surface area contributed by atoms with E-state index in [2.05, 4.69) is 15.9 Å². The first-order chi connectivity index (χ1) is 6.72. The van der Waals surface area contributed by atoms with E-state index in [1.165, 1.54) is 7.11 Å². The van der Waals surface area contributed by atoms with Crippen molar-refractivity contribution in [2.45, 2.75) is 6.61 Å². The first-order valence-electron chi connectivity index (χ1n) is 4.03. The molecule has 1 rings (SSSR count). The van der Waals surface area contributed by atoms with E-state index in [9.17, 15) is 4.79 Å². The molecule has 4 heteroatoms. The van der Waals surface area contributed by atoms with Gasteiger partial charge in [0.2, 0.25) is 0 Å². The molecule has 0 aliphatic carbocycles. The van der Waals surface area contributed by atoms with Gasteiger partial charge < -0.3 is 9.47 Å². The molecule has 0 aromatic heterocycles. The van der Waals surface area contributed by atoms with Gasteiger partial charge in [0.05, 0.1) is 19.3 Å². The van der Waals surface area contributed by atoms with Crippen LogP contribution in [0.4, 0.5) is 0 Å². The number of carbonyl (C=O) groups excluding carboxylic acids is 1. The smallest absolute Gasteiger partial charge is 0.153 e. The van der Waals surface area contributed by atoms with Crippen LogP contribution in [-0.4, -0.2) is 20.5 Å². The maximum Gasteiger partial charge on any atom is 0.153 e. The lowest BCUT2D eigenvalue weighted by atomic mass is 10.1. The monoisotopic (exact) mass is 258 g/mol. The summed E-state index contributed by atoms with van der Waals surface area (Å²) in [6.07, 6.45) is 0.768. The molecule has 0 saturated heterocycles. The molecule has 76 valence electrons. The number of hydrogen-bond acceptors (Lipinski definition) is 3. The summed E-state index contributed by atoms with van der Waals surface area (Å²) in [5.74, 6) is 0.562. The zero-order valence-corrected chi connectivity index (χ0v) is 9.63. The molecule has 1 aromatic rings. The predicted molar refractivity (Wildman–Crippen MR) is 56.8 cm³/mol. The second-order valence-electron chi connectivity index (χ2n) is 2.74. The van der Waals surface area contributed by atoms with Gasteiger partial charge in [0.25, 0.3) is 0 Å². The van der Waals surface area contributed by atoms with Crippen molar-refractivity contribution in [1.29, 1.82) is 0 Å². The highest BCUT2D eigenvalue weighted by Crippen LogP contribution is 2.26. The Hall–Kier alpha value is -0.870. The summed E-state index contributed by atoms with van der Waals surface area (Å²) < 4.78 is 10.9. The van der Waals surface area contributed by atoms with E-state index in [0.717, 1.165) is 16.3 Å². The average Bonchev–Trinajstić information content (AvgIpc) is 2.20. The second-order valence-corrected chi connectivity index (χ2v) is 3.59. The topological polar surface area (TPSA) is 35.5 Å². The minimum absolute atomic E-state index is 0.464. The lowest BCUT2D eigenvalue weighted by Gasteiger charge is -2.08. The molecule has 14 heavy (non-hydrogen) atoms. The summed E-state index contributed by atoms with van der Waals surface area (Å²) in [5.41, 5.74) is 1.46. The average molecular weight is 259 g/mol. The van der Waals surface area contributed by atoms with Gasteiger partial charge >= 0.3 is 0 Å². The Morgan fingerprint density at radius 3 is 2.64 bits per heavy atom. The third-order valence-corrected chi connectivity index (χ3v) is 2.56. The summed E-state index contributed by atoms with van der Waals surface area (Å²) in [6, 6.07) is 3.51. The minimum Gasteiger partial charge on any atom is -0.496 e. The van der Waals surface area contributed by atoms with E-state index in [4.69, 9.17) is 9.47 Å².